The Morgan fingerprint density at radius 1 is 1.10 bits per heavy atom. The Morgan fingerprint density at radius 2 is 1.86 bits per heavy atom. The van der Waals surface area contributed by atoms with Crippen LogP contribution in [0.25, 0.3) is 0 Å². The van der Waals surface area contributed by atoms with Crippen LogP contribution in [0.15, 0.2) is 42.6 Å². The van der Waals surface area contributed by atoms with Gasteiger partial charge in [-0.1, -0.05) is 50.8 Å². The second-order valence-corrected chi connectivity index (χ2v) is 5.21. The van der Waals surface area contributed by atoms with Gasteiger partial charge in [0.15, 0.2) is 0 Å². The van der Waals surface area contributed by atoms with Gasteiger partial charge in [-0.2, -0.15) is 9.78 Å². The average Bonchev–Trinajstić information content (AvgIpc) is 2.97. The van der Waals surface area contributed by atoms with E-state index in [1.807, 2.05) is 36.4 Å². The molecule has 1 aromatic carbocycles. The van der Waals surface area contributed by atoms with Crippen molar-refractivity contribution in [2.24, 2.45) is 0 Å². The molecule has 0 fully saturated rings. The van der Waals surface area contributed by atoms with Crippen LogP contribution in [0.1, 0.15) is 44.7 Å². The van der Waals surface area contributed by atoms with Gasteiger partial charge in [0.1, 0.15) is 0 Å². The Bertz CT molecular complexity index is 548. The number of aryl methyl sites for hydroxylation is 1. The minimum absolute atomic E-state index is 0.224. The summed E-state index contributed by atoms with van der Waals surface area (Å²) in [5, 5.41) is 7.15. The fourth-order valence-corrected chi connectivity index (χ4v) is 2.22. The van der Waals surface area contributed by atoms with Crippen LogP contribution in [0.4, 0.5) is 10.5 Å². The number of aromatic nitrogens is 2. The van der Waals surface area contributed by atoms with E-state index >= 15 is 0 Å². The number of rotatable bonds is 7. The highest BCUT2D eigenvalue weighted by Crippen LogP contribution is 2.09. The maximum Gasteiger partial charge on any atom is 0.346 e. The minimum atomic E-state index is -0.224. The molecule has 2 aromatic rings. The molecule has 1 aromatic heterocycles. The Balaban J connectivity index is 1.80. The molecule has 0 aliphatic carbocycles. The summed E-state index contributed by atoms with van der Waals surface area (Å²) in [5.74, 6) is 0. The highest BCUT2D eigenvalue weighted by Gasteiger charge is 2.07. The van der Waals surface area contributed by atoms with Gasteiger partial charge in [-0.15, -0.1) is 0 Å². The van der Waals surface area contributed by atoms with Crippen LogP contribution in [-0.2, 0) is 6.42 Å². The first-order valence-corrected chi connectivity index (χ1v) is 7.70. The summed E-state index contributed by atoms with van der Waals surface area (Å²) < 4.78 is 1.37. The number of nitrogens with one attached hydrogen (secondary N) is 1. The lowest BCUT2D eigenvalue weighted by Gasteiger charge is -2.04. The smallest absolute Gasteiger partial charge is 0.306 e. The monoisotopic (exact) mass is 285 g/mol. The normalized spacial score (nSPS) is 10.5. The van der Waals surface area contributed by atoms with E-state index in [-0.39, 0.29) is 6.03 Å². The summed E-state index contributed by atoms with van der Waals surface area (Å²) in [6.07, 6.45) is 8.87. The number of para-hydroxylation sites is 1. The molecule has 4 heteroatoms. The molecule has 0 saturated carbocycles. The van der Waals surface area contributed by atoms with Crippen LogP contribution >= 0.6 is 0 Å². The predicted molar refractivity (Wildman–Crippen MR) is 85.5 cm³/mol. The molecular formula is C17H23N3O. The first-order chi connectivity index (χ1) is 10.3. The maximum atomic E-state index is 12.0. The molecule has 0 radical (unpaired) electrons. The molecule has 0 aliphatic heterocycles. The van der Waals surface area contributed by atoms with Gasteiger partial charge in [-0.05, 0) is 31.0 Å². The number of unbranched alkanes of at least 4 members (excludes halogenated alkanes) is 4. The fraction of sp³-hybridized carbons (Fsp3) is 0.412. The number of benzene rings is 1. The number of anilines is 1. The topological polar surface area (TPSA) is 46.9 Å². The van der Waals surface area contributed by atoms with E-state index in [2.05, 4.69) is 17.3 Å². The van der Waals surface area contributed by atoms with Gasteiger partial charge in [-0.25, -0.2) is 4.79 Å². The van der Waals surface area contributed by atoms with Gasteiger partial charge < -0.3 is 5.32 Å². The van der Waals surface area contributed by atoms with E-state index < -0.39 is 0 Å². The van der Waals surface area contributed by atoms with Crippen molar-refractivity contribution in [1.82, 2.24) is 9.78 Å². The molecule has 112 valence electrons. The molecular weight excluding hydrogens is 262 g/mol. The summed E-state index contributed by atoms with van der Waals surface area (Å²) in [6, 6.07) is 11.1. The molecule has 0 spiro atoms. The van der Waals surface area contributed by atoms with Gasteiger partial charge in [0.25, 0.3) is 0 Å². The van der Waals surface area contributed by atoms with E-state index in [1.54, 1.807) is 6.20 Å². The first-order valence-electron chi connectivity index (χ1n) is 7.70. The second kappa shape index (κ2) is 8.25. The standard InChI is InChI=1S/C17H23N3O/c1-2-3-4-5-7-12-16-13-14-20(19-16)17(21)18-15-10-8-6-9-11-15/h6,8-11,13-14H,2-5,7,12H2,1H3,(H,18,21). The molecule has 2 rings (SSSR count). The van der Waals surface area contributed by atoms with E-state index in [0.717, 1.165) is 24.2 Å². The van der Waals surface area contributed by atoms with E-state index in [9.17, 15) is 4.79 Å². The van der Waals surface area contributed by atoms with Crippen molar-refractivity contribution >= 4 is 11.7 Å². The van der Waals surface area contributed by atoms with Crippen molar-refractivity contribution in [1.29, 1.82) is 0 Å². The zero-order valence-electron chi connectivity index (χ0n) is 12.6. The lowest BCUT2D eigenvalue weighted by Crippen LogP contribution is -2.20. The summed E-state index contributed by atoms with van der Waals surface area (Å²) in [7, 11) is 0. The third-order valence-electron chi connectivity index (χ3n) is 3.41. The molecule has 1 amide bonds. The quantitative estimate of drug-likeness (QED) is 0.763. The lowest BCUT2D eigenvalue weighted by molar-refractivity contribution is 0.251. The van der Waals surface area contributed by atoms with E-state index in [4.69, 9.17) is 0 Å². The van der Waals surface area contributed by atoms with Gasteiger partial charge in [0, 0.05) is 11.9 Å². The van der Waals surface area contributed by atoms with Crippen LogP contribution in [0.3, 0.4) is 0 Å². The minimum Gasteiger partial charge on any atom is -0.306 e. The van der Waals surface area contributed by atoms with Gasteiger partial charge in [-0.3, -0.25) is 0 Å². The molecule has 0 bridgehead atoms. The molecule has 0 aliphatic rings. The Morgan fingerprint density at radius 3 is 2.62 bits per heavy atom. The number of amides is 1. The largest absolute Gasteiger partial charge is 0.346 e. The van der Waals surface area contributed by atoms with Crippen LogP contribution in [0, 0.1) is 0 Å². The van der Waals surface area contributed by atoms with Gasteiger partial charge in [0.05, 0.1) is 5.69 Å². The molecule has 1 heterocycles. The number of carbonyl (C=O) groups is 1. The van der Waals surface area contributed by atoms with Crippen molar-refractivity contribution in [3.8, 4) is 0 Å². The fourth-order valence-electron chi connectivity index (χ4n) is 2.22. The molecule has 0 saturated heterocycles. The molecule has 0 atom stereocenters. The highest BCUT2D eigenvalue weighted by molar-refractivity contribution is 5.90. The van der Waals surface area contributed by atoms with Crippen molar-refractivity contribution in [3.05, 3.63) is 48.3 Å². The number of nitrogens with zero attached hydrogens (tertiary/aromatic N) is 2. The van der Waals surface area contributed by atoms with Gasteiger partial charge in [0.2, 0.25) is 0 Å². The number of hydrogen-bond acceptors (Lipinski definition) is 2. The lowest BCUT2D eigenvalue weighted by atomic mass is 10.1. The molecule has 0 unspecified atom stereocenters. The zero-order chi connectivity index (χ0) is 14.9. The molecule has 4 nitrogen and oxygen atoms in total. The Hall–Kier alpha value is -2.10. The van der Waals surface area contributed by atoms with Crippen molar-refractivity contribution in [3.63, 3.8) is 0 Å². The van der Waals surface area contributed by atoms with E-state index in [1.165, 1.54) is 30.4 Å². The van der Waals surface area contributed by atoms with Crippen LogP contribution in [0.5, 0.6) is 0 Å². The first kappa shape index (κ1) is 15.3. The molecule has 1 N–H and O–H groups in total. The average molecular weight is 285 g/mol. The Kier molecular flexibility index (Phi) is 6.00. The van der Waals surface area contributed by atoms with Crippen molar-refractivity contribution in [2.75, 3.05) is 5.32 Å². The number of hydrogen-bond donors (Lipinski definition) is 1. The van der Waals surface area contributed by atoms with Crippen molar-refractivity contribution in [2.45, 2.75) is 45.4 Å². The summed E-state index contributed by atoms with van der Waals surface area (Å²) in [4.78, 5) is 12.0. The van der Waals surface area contributed by atoms with E-state index in [0.29, 0.717) is 0 Å². The Labute approximate surface area is 126 Å². The van der Waals surface area contributed by atoms with Gasteiger partial charge >= 0.3 is 6.03 Å². The third-order valence-corrected chi connectivity index (χ3v) is 3.41. The van der Waals surface area contributed by atoms with Crippen LogP contribution in [0.2, 0.25) is 0 Å². The number of carbonyl (C=O) groups excluding carboxylic acids is 1. The van der Waals surface area contributed by atoms with Crippen molar-refractivity contribution < 1.29 is 4.79 Å². The molecule has 21 heavy (non-hydrogen) atoms. The third kappa shape index (κ3) is 5.06. The summed E-state index contributed by atoms with van der Waals surface area (Å²) in [6.45, 7) is 2.22. The summed E-state index contributed by atoms with van der Waals surface area (Å²) in [5.41, 5.74) is 1.76. The van der Waals surface area contributed by atoms with Crippen LogP contribution in [-0.4, -0.2) is 15.8 Å². The maximum absolute atomic E-state index is 12.0. The SMILES string of the molecule is CCCCCCCc1ccn(C(=O)Nc2ccccc2)n1. The summed E-state index contributed by atoms with van der Waals surface area (Å²) >= 11 is 0. The highest BCUT2D eigenvalue weighted by atomic mass is 16.2. The second-order valence-electron chi connectivity index (χ2n) is 5.21. The van der Waals surface area contributed by atoms with Crippen LogP contribution < -0.4 is 5.32 Å². The zero-order valence-corrected chi connectivity index (χ0v) is 12.6. The predicted octanol–water partition coefficient (Wildman–Crippen LogP) is 4.48.